The second-order valence-electron chi connectivity index (χ2n) is 6.58. The molecule has 5 heteroatoms. The lowest BCUT2D eigenvalue weighted by molar-refractivity contribution is 0.164. The summed E-state index contributed by atoms with van der Waals surface area (Å²) in [6.45, 7) is 3.18. The Bertz CT molecular complexity index is 668. The third-order valence-corrected chi connectivity index (χ3v) is 4.88. The molecule has 0 aliphatic carbocycles. The molecule has 2 heterocycles. The number of aryl methyl sites for hydroxylation is 1. The van der Waals surface area contributed by atoms with Gasteiger partial charge in [0.15, 0.2) is 0 Å². The van der Waals surface area contributed by atoms with Crippen LogP contribution >= 0.6 is 0 Å². The monoisotopic (exact) mass is 329 g/mol. The van der Waals surface area contributed by atoms with Crippen LogP contribution in [0.2, 0.25) is 0 Å². The van der Waals surface area contributed by atoms with E-state index in [1.165, 1.54) is 24.2 Å². The molecule has 5 nitrogen and oxygen atoms in total. The summed E-state index contributed by atoms with van der Waals surface area (Å²) >= 11 is 0. The Morgan fingerprint density at radius 2 is 2.12 bits per heavy atom. The number of hydrogen-bond donors (Lipinski definition) is 0. The summed E-state index contributed by atoms with van der Waals surface area (Å²) in [5.41, 5.74) is 1.22. The van der Waals surface area contributed by atoms with E-state index in [0.717, 1.165) is 37.6 Å². The van der Waals surface area contributed by atoms with Gasteiger partial charge in [0.05, 0.1) is 14.2 Å². The van der Waals surface area contributed by atoms with Gasteiger partial charge in [-0.1, -0.05) is 6.07 Å². The maximum atomic E-state index is 5.54. The predicted octanol–water partition coefficient (Wildman–Crippen LogP) is 2.89. The van der Waals surface area contributed by atoms with Crippen molar-refractivity contribution >= 4 is 0 Å². The highest BCUT2D eigenvalue weighted by atomic mass is 16.5. The van der Waals surface area contributed by atoms with Gasteiger partial charge in [0.2, 0.25) is 0 Å². The summed E-state index contributed by atoms with van der Waals surface area (Å²) in [4.78, 5) is 7.01. The number of likely N-dealkylation sites (tertiary alicyclic amines) is 1. The molecule has 1 aliphatic rings. The molecule has 0 spiro atoms. The standard InChI is InChI=1S/C19H27N3O2/c1-21-10-8-20-19(21)11-15-5-4-9-22(13-15)14-16-6-7-17(23-2)12-18(16)24-3/h6-8,10,12,15H,4-5,9,11,13-14H2,1-3H3/t15-/m1/s1. The van der Waals surface area contributed by atoms with Crippen LogP contribution < -0.4 is 9.47 Å². The van der Waals surface area contributed by atoms with E-state index in [2.05, 4.69) is 27.6 Å². The number of methoxy groups -OCH3 is 2. The van der Waals surface area contributed by atoms with E-state index in [0.29, 0.717) is 5.92 Å². The van der Waals surface area contributed by atoms with Gasteiger partial charge < -0.3 is 14.0 Å². The molecule has 0 amide bonds. The van der Waals surface area contributed by atoms with E-state index < -0.39 is 0 Å². The van der Waals surface area contributed by atoms with Gasteiger partial charge in [0.25, 0.3) is 0 Å². The smallest absolute Gasteiger partial charge is 0.127 e. The van der Waals surface area contributed by atoms with Gasteiger partial charge in [0.1, 0.15) is 17.3 Å². The number of ether oxygens (including phenoxy) is 2. The molecule has 130 valence electrons. The number of hydrogen-bond acceptors (Lipinski definition) is 4. The number of imidazole rings is 1. The minimum Gasteiger partial charge on any atom is -0.497 e. The van der Waals surface area contributed by atoms with Crippen LogP contribution in [0.1, 0.15) is 24.2 Å². The first-order valence-corrected chi connectivity index (χ1v) is 8.59. The predicted molar refractivity (Wildman–Crippen MR) is 94.5 cm³/mol. The van der Waals surface area contributed by atoms with Crippen LogP contribution in [0.15, 0.2) is 30.6 Å². The minimum absolute atomic E-state index is 0.670. The van der Waals surface area contributed by atoms with E-state index in [1.54, 1.807) is 14.2 Å². The first-order valence-electron chi connectivity index (χ1n) is 8.59. The number of benzene rings is 1. The molecular weight excluding hydrogens is 302 g/mol. The van der Waals surface area contributed by atoms with Crippen LogP contribution in [0, 0.1) is 5.92 Å². The first-order chi connectivity index (χ1) is 11.7. The fourth-order valence-electron chi connectivity index (χ4n) is 3.54. The van der Waals surface area contributed by atoms with E-state index in [1.807, 2.05) is 24.5 Å². The molecule has 3 rings (SSSR count). The normalized spacial score (nSPS) is 18.5. The van der Waals surface area contributed by atoms with Crippen LogP contribution in [0.5, 0.6) is 11.5 Å². The highest BCUT2D eigenvalue weighted by Gasteiger charge is 2.22. The van der Waals surface area contributed by atoms with Crippen LogP contribution in [0.25, 0.3) is 0 Å². The molecule has 1 aromatic carbocycles. The number of piperidine rings is 1. The topological polar surface area (TPSA) is 39.5 Å². The molecule has 0 radical (unpaired) electrons. The highest BCUT2D eigenvalue weighted by Crippen LogP contribution is 2.28. The SMILES string of the molecule is COc1ccc(CN2CCC[C@H](Cc3nccn3C)C2)c(OC)c1. The summed E-state index contributed by atoms with van der Waals surface area (Å²) in [5.74, 6) is 3.59. The molecule has 1 atom stereocenters. The third-order valence-electron chi connectivity index (χ3n) is 4.88. The van der Waals surface area contributed by atoms with Gasteiger partial charge in [-0.2, -0.15) is 0 Å². The highest BCUT2D eigenvalue weighted by molar-refractivity contribution is 5.40. The fourth-order valence-corrected chi connectivity index (χ4v) is 3.54. The number of rotatable bonds is 6. The molecule has 24 heavy (non-hydrogen) atoms. The molecule has 0 saturated carbocycles. The molecule has 0 bridgehead atoms. The summed E-state index contributed by atoms with van der Waals surface area (Å²) in [6, 6.07) is 6.08. The molecule has 0 N–H and O–H groups in total. The minimum atomic E-state index is 0.670. The fraction of sp³-hybridized carbons (Fsp3) is 0.526. The Balaban J connectivity index is 1.64. The lowest BCUT2D eigenvalue weighted by Gasteiger charge is -2.33. The van der Waals surface area contributed by atoms with Crippen LogP contribution in [-0.4, -0.2) is 41.8 Å². The summed E-state index contributed by atoms with van der Waals surface area (Å²) in [7, 11) is 5.48. The van der Waals surface area contributed by atoms with Gasteiger partial charge in [-0.05, 0) is 31.4 Å². The average Bonchev–Trinajstić information content (AvgIpc) is 3.00. The quantitative estimate of drug-likeness (QED) is 0.817. The maximum absolute atomic E-state index is 5.54. The van der Waals surface area contributed by atoms with E-state index in [9.17, 15) is 0 Å². The zero-order chi connectivity index (χ0) is 16.9. The Morgan fingerprint density at radius 1 is 1.25 bits per heavy atom. The van der Waals surface area contributed by atoms with Crippen molar-refractivity contribution in [3.8, 4) is 11.5 Å². The van der Waals surface area contributed by atoms with Crippen molar-refractivity contribution in [2.75, 3.05) is 27.3 Å². The van der Waals surface area contributed by atoms with Crippen molar-refractivity contribution in [1.82, 2.24) is 14.5 Å². The zero-order valence-corrected chi connectivity index (χ0v) is 14.9. The van der Waals surface area contributed by atoms with Crippen molar-refractivity contribution < 1.29 is 9.47 Å². The molecule has 1 fully saturated rings. The van der Waals surface area contributed by atoms with E-state index >= 15 is 0 Å². The van der Waals surface area contributed by atoms with Crippen molar-refractivity contribution in [2.24, 2.45) is 13.0 Å². The van der Waals surface area contributed by atoms with Crippen LogP contribution in [0.4, 0.5) is 0 Å². The van der Waals surface area contributed by atoms with Crippen LogP contribution in [0.3, 0.4) is 0 Å². The van der Waals surface area contributed by atoms with Crippen molar-refractivity contribution in [2.45, 2.75) is 25.8 Å². The lowest BCUT2D eigenvalue weighted by Crippen LogP contribution is -2.36. The van der Waals surface area contributed by atoms with Gasteiger partial charge in [-0.25, -0.2) is 4.98 Å². The van der Waals surface area contributed by atoms with Gasteiger partial charge in [0, 0.05) is 50.6 Å². The molecule has 1 aromatic heterocycles. The Hall–Kier alpha value is -2.01. The second kappa shape index (κ2) is 7.71. The summed E-state index contributed by atoms with van der Waals surface area (Å²) in [5, 5.41) is 0. The maximum Gasteiger partial charge on any atom is 0.127 e. The number of nitrogens with zero attached hydrogens (tertiary/aromatic N) is 3. The Kier molecular flexibility index (Phi) is 5.41. The largest absolute Gasteiger partial charge is 0.497 e. The Labute approximate surface area is 144 Å². The van der Waals surface area contributed by atoms with Crippen LogP contribution in [-0.2, 0) is 20.0 Å². The third kappa shape index (κ3) is 3.90. The summed E-state index contributed by atoms with van der Waals surface area (Å²) in [6.07, 6.45) is 7.49. The molecular formula is C19H27N3O2. The van der Waals surface area contributed by atoms with Gasteiger partial charge in [-0.15, -0.1) is 0 Å². The molecule has 2 aromatic rings. The van der Waals surface area contributed by atoms with Crippen molar-refractivity contribution in [3.63, 3.8) is 0 Å². The molecule has 1 saturated heterocycles. The summed E-state index contributed by atoms with van der Waals surface area (Å²) < 4.78 is 13.0. The first kappa shape index (κ1) is 16.8. The van der Waals surface area contributed by atoms with E-state index in [4.69, 9.17) is 9.47 Å². The molecule has 0 unspecified atom stereocenters. The average molecular weight is 329 g/mol. The van der Waals surface area contributed by atoms with E-state index in [-0.39, 0.29) is 0 Å². The van der Waals surface area contributed by atoms with Crippen molar-refractivity contribution in [1.29, 1.82) is 0 Å². The lowest BCUT2D eigenvalue weighted by atomic mass is 9.94. The zero-order valence-electron chi connectivity index (χ0n) is 14.9. The van der Waals surface area contributed by atoms with Crippen molar-refractivity contribution in [3.05, 3.63) is 42.0 Å². The molecule has 1 aliphatic heterocycles. The number of aromatic nitrogens is 2. The van der Waals surface area contributed by atoms with Gasteiger partial charge in [-0.3, -0.25) is 4.90 Å². The van der Waals surface area contributed by atoms with Gasteiger partial charge >= 0.3 is 0 Å². The second-order valence-corrected chi connectivity index (χ2v) is 6.58. The Morgan fingerprint density at radius 3 is 2.83 bits per heavy atom.